The van der Waals surface area contributed by atoms with Gasteiger partial charge in [-0.2, -0.15) is 15.3 Å². The number of nitriles is 1. The van der Waals surface area contributed by atoms with Crippen LogP contribution in [0.4, 0.5) is 11.6 Å². The van der Waals surface area contributed by atoms with Crippen LogP contribution in [0.2, 0.25) is 0 Å². The predicted octanol–water partition coefficient (Wildman–Crippen LogP) is 3.93. The first-order valence-electron chi connectivity index (χ1n) is 9.81. The molecule has 3 aliphatic rings. The maximum absolute atomic E-state index is 9.37. The number of nitrogens with one attached hydrogen (secondary N) is 2. The van der Waals surface area contributed by atoms with Crippen molar-refractivity contribution in [3.05, 3.63) is 29.3 Å². The summed E-state index contributed by atoms with van der Waals surface area (Å²) in [6, 6.07) is 2.78. The molecule has 136 valence electrons. The van der Waals surface area contributed by atoms with Crippen molar-refractivity contribution < 1.29 is 0 Å². The van der Waals surface area contributed by atoms with Crippen LogP contribution in [0.1, 0.15) is 61.0 Å². The van der Waals surface area contributed by atoms with E-state index in [-0.39, 0.29) is 0 Å². The fourth-order valence-corrected chi connectivity index (χ4v) is 4.67. The molecule has 3 heterocycles. The van der Waals surface area contributed by atoms with Crippen LogP contribution in [0.3, 0.4) is 0 Å². The Morgan fingerprint density at radius 3 is 2.78 bits per heavy atom. The molecule has 3 aromatic rings. The van der Waals surface area contributed by atoms with Gasteiger partial charge in [0, 0.05) is 18.3 Å². The van der Waals surface area contributed by atoms with Gasteiger partial charge >= 0.3 is 0 Å². The summed E-state index contributed by atoms with van der Waals surface area (Å²) in [5.74, 6) is 2.88. The molecular weight excluding hydrogens is 338 g/mol. The summed E-state index contributed by atoms with van der Waals surface area (Å²) in [7, 11) is 0. The third-order valence-electron chi connectivity index (χ3n) is 6.40. The van der Waals surface area contributed by atoms with Gasteiger partial charge in [-0.25, -0.2) is 4.98 Å². The van der Waals surface area contributed by atoms with Gasteiger partial charge in [-0.05, 0) is 50.9 Å². The maximum Gasteiger partial charge on any atom is 0.229 e. The highest BCUT2D eigenvalue weighted by Crippen LogP contribution is 2.56. The molecule has 2 unspecified atom stereocenters. The van der Waals surface area contributed by atoms with Gasteiger partial charge in [-0.1, -0.05) is 0 Å². The molecule has 0 radical (unpaired) electrons. The van der Waals surface area contributed by atoms with Crippen molar-refractivity contribution >= 4 is 22.7 Å². The average molecular weight is 359 g/mol. The quantitative estimate of drug-likeness (QED) is 0.736. The zero-order valence-electron chi connectivity index (χ0n) is 15.2. The van der Waals surface area contributed by atoms with Crippen molar-refractivity contribution in [2.45, 2.75) is 51.0 Å². The summed E-state index contributed by atoms with van der Waals surface area (Å²) in [6.07, 6.45) is 10.0. The molecule has 27 heavy (non-hydrogen) atoms. The number of nitrogens with zero attached hydrogens (tertiary/aromatic N) is 5. The third kappa shape index (κ3) is 2.43. The van der Waals surface area contributed by atoms with E-state index in [1.54, 1.807) is 6.20 Å². The second-order valence-corrected chi connectivity index (χ2v) is 8.36. The molecule has 6 rings (SSSR count). The standard InChI is InChI=1S/C20H21N7/c1-10-16(9-27(26-10)15-5-12-4-13(12)6-15)23-20-24-18(11-2-3-11)17-14(7-21)8-22-19(17)25-20/h8-9,11-13,15H,2-6H2,1H3,(H2,22,23,24,25). The molecule has 3 saturated carbocycles. The second-order valence-electron chi connectivity index (χ2n) is 8.36. The molecular formula is C20H21N7. The Morgan fingerprint density at radius 1 is 1.22 bits per heavy atom. The molecule has 7 heteroatoms. The first kappa shape index (κ1) is 15.2. The van der Waals surface area contributed by atoms with Gasteiger partial charge in [-0.15, -0.1) is 0 Å². The Labute approximate surface area is 156 Å². The van der Waals surface area contributed by atoms with E-state index >= 15 is 0 Å². The molecule has 2 N–H and O–H groups in total. The van der Waals surface area contributed by atoms with Crippen molar-refractivity contribution in [1.29, 1.82) is 5.26 Å². The van der Waals surface area contributed by atoms with Crippen molar-refractivity contribution in [3.63, 3.8) is 0 Å². The molecule has 0 saturated heterocycles. The molecule has 3 fully saturated rings. The van der Waals surface area contributed by atoms with E-state index in [1.807, 2.05) is 6.92 Å². The van der Waals surface area contributed by atoms with Crippen LogP contribution in [0.25, 0.3) is 11.0 Å². The monoisotopic (exact) mass is 359 g/mol. The number of rotatable bonds is 4. The largest absolute Gasteiger partial charge is 0.345 e. The summed E-state index contributed by atoms with van der Waals surface area (Å²) in [4.78, 5) is 12.5. The summed E-state index contributed by atoms with van der Waals surface area (Å²) in [5, 5.41) is 18.4. The number of anilines is 2. The smallest absolute Gasteiger partial charge is 0.229 e. The number of hydrogen-bond donors (Lipinski definition) is 2. The Hall–Kier alpha value is -2.88. The lowest BCUT2D eigenvalue weighted by molar-refractivity contribution is 0.425. The van der Waals surface area contributed by atoms with Crippen molar-refractivity contribution in [1.82, 2.24) is 24.7 Å². The topological polar surface area (TPSA) is 95.2 Å². The highest BCUT2D eigenvalue weighted by molar-refractivity contribution is 5.86. The first-order valence-corrected chi connectivity index (χ1v) is 9.81. The number of aromatic nitrogens is 5. The summed E-state index contributed by atoms with van der Waals surface area (Å²) < 4.78 is 2.13. The lowest BCUT2D eigenvalue weighted by atomic mass is 10.1. The van der Waals surface area contributed by atoms with Gasteiger partial charge in [-0.3, -0.25) is 4.68 Å². The van der Waals surface area contributed by atoms with Crippen LogP contribution in [0.15, 0.2) is 12.4 Å². The minimum absolute atomic E-state index is 0.438. The van der Waals surface area contributed by atoms with Gasteiger partial charge in [0.25, 0.3) is 0 Å². The van der Waals surface area contributed by atoms with E-state index in [2.05, 4.69) is 32.2 Å². The maximum atomic E-state index is 9.37. The highest BCUT2D eigenvalue weighted by atomic mass is 15.3. The van der Waals surface area contributed by atoms with Crippen LogP contribution in [-0.2, 0) is 0 Å². The van der Waals surface area contributed by atoms with Gasteiger partial charge in [0.15, 0.2) is 0 Å². The molecule has 7 nitrogen and oxygen atoms in total. The Bertz CT molecular complexity index is 1090. The zero-order valence-corrected chi connectivity index (χ0v) is 15.2. The molecule has 2 atom stereocenters. The molecule has 0 bridgehead atoms. The number of aromatic amines is 1. The third-order valence-corrected chi connectivity index (χ3v) is 6.40. The van der Waals surface area contributed by atoms with Crippen LogP contribution in [0, 0.1) is 30.1 Å². The number of hydrogen-bond acceptors (Lipinski definition) is 5. The first-order chi connectivity index (χ1) is 13.2. The number of H-pyrrole nitrogens is 1. The van der Waals surface area contributed by atoms with Crippen molar-refractivity contribution in [3.8, 4) is 6.07 Å². The lowest BCUT2D eigenvalue weighted by Gasteiger charge is -2.11. The van der Waals surface area contributed by atoms with Gasteiger partial charge in [0.05, 0.1) is 34.1 Å². The van der Waals surface area contributed by atoms with E-state index in [4.69, 9.17) is 10.1 Å². The minimum Gasteiger partial charge on any atom is -0.345 e. The van der Waals surface area contributed by atoms with E-state index < -0.39 is 0 Å². The molecule has 0 aromatic carbocycles. The van der Waals surface area contributed by atoms with E-state index in [0.29, 0.717) is 23.5 Å². The van der Waals surface area contributed by atoms with Crippen LogP contribution >= 0.6 is 0 Å². The highest BCUT2D eigenvalue weighted by Gasteiger charge is 2.46. The second kappa shape index (κ2) is 5.32. The Morgan fingerprint density at radius 2 is 2.04 bits per heavy atom. The number of aryl methyl sites for hydroxylation is 1. The summed E-state index contributed by atoms with van der Waals surface area (Å²) >= 11 is 0. The molecule has 0 aliphatic heterocycles. The van der Waals surface area contributed by atoms with Gasteiger partial charge in [0.1, 0.15) is 11.7 Å². The summed E-state index contributed by atoms with van der Waals surface area (Å²) in [5.41, 5.74) is 4.27. The minimum atomic E-state index is 0.438. The average Bonchev–Trinajstić information content (AvgIpc) is 3.53. The van der Waals surface area contributed by atoms with E-state index in [1.165, 1.54) is 19.3 Å². The molecule has 0 spiro atoms. The van der Waals surface area contributed by atoms with Crippen molar-refractivity contribution in [2.24, 2.45) is 11.8 Å². The Balaban J connectivity index is 1.34. The SMILES string of the molecule is Cc1nn(C2CC3CC3C2)cc1Nc1nc(C2CC2)c2c(C#N)c[nH]c2n1. The van der Waals surface area contributed by atoms with Crippen LogP contribution < -0.4 is 5.32 Å². The molecule has 3 aromatic heterocycles. The lowest BCUT2D eigenvalue weighted by Crippen LogP contribution is -2.07. The number of fused-ring (bicyclic) bond motifs is 2. The van der Waals surface area contributed by atoms with Crippen LogP contribution in [-0.4, -0.2) is 24.7 Å². The van der Waals surface area contributed by atoms with E-state index in [0.717, 1.165) is 52.8 Å². The van der Waals surface area contributed by atoms with Crippen LogP contribution in [0.5, 0.6) is 0 Å². The van der Waals surface area contributed by atoms with Gasteiger partial charge < -0.3 is 10.3 Å². The van der Waals surface area contributed by atoms with Crippen molar-refractivity contribution in [2.75, 3.05) is 5.32 Å². The Kier molecular flexibility index (Phi) is 2.99. The predicted molar refractivity (Wildman–Crippen MR) is 101 cm³/mol. The van der Waals surface area contributed by atoms with E-state index in [9.17, 15) is 5.26 Å². The molecule has 3 aliphatic carbocycles. The zero-order chi connectivity index (χ0) is 18.1. The molecule has 0 amide bonds. The summed E-state index contributed by atoms with van der Waals surface area (Å²) in [6.45, 7) is 2.03. The van der Waals surface area contributed by atoms with Gasteiger partial charge in [0.2, 0.25) is 5.95 Å². The normalized spacial score (nSPS) is 26.1. The fourth-order valence-electron chi connectivity index (χ4n) is 4.67. The fraction of sp³-hybridized carbons (Fsp3) is 0.500.